The van der Waals surface area contributed by atoms with Crippen LogP contribution >= 0.6 is 11.8 Å². The van der Waals surface area contributed by atoms with Gasteiger partial charge in [0.25, 0.3) is 0 Å². The Morgan fingerprint density at radius 1 is 1.42 bits per heavy atom. The predicted octanol–water partition coefficient (Wildman–Crippen LogP) is 0.982. The van der Waals surface area contributed by atoms with E-state index in [1.54, 1.807) is 0 Å². The van der Waals surface area contributed by atoms with Gasteiger partial charge in [0, 0.05) is 16.7 Å². The molecule has 0 aromatic heterocycles. The Bertz CT molecular complexity index is 167. The minimum absolute atomic E-state index is 0.111. The van der Waals surface area contributed by atoms with Gasteiger partial charge in [-0.05, 0) is 31.9 Å². The second kappa shape index (κ2) is 2.63. The highest BCUT2D eigenvalue weighted by atomic mass is 32.2. The van der Waals surface area contributed by atoms with Crippen molar-refractivity contribution >= 4 is 11.8 Å². The van der Waals surface area contributed by atoms with Gasteiger partial charge < -0.3 is 10.8 Å². The lowest BCUT2D eigenvalue weighted by Gasteiger charge is -2.27. The first-order chi connectivity index (χ1) is 5.69. The quantitative estimate of drug-likeness (QED) is 0.689. The van der Waals surface area contributed by atoms with Crippen molar-refractivity contribution in [2.75, 3.05) is 12.8 Å². The van der Waals surface area contributed by atoms with E-state index in [1.807, 2.05) is 11.8 Å². The van der Waals surface area contributed by atoms with Gasteiger partial charge >= 0.3 is 0 Å². The summed E-state index contributed by atoms with van der Waals surface area (Å²) in [6.45, 7) is 0.663. The van der Waals surface area contributed by atoms with E-state index >= 15 is 0 Å². The van der Waals surface area contributed by atoms with Crippen LogP contribution in [0.1, 0.15) is 25.7 Å². The lowest BCUT2D eigenvalue weighted by atomic mass is 9.95. The fourth-order valence-corrected chi connectivity index (χ4v) is 3.00. The van der Waals surface area contributed by atoms with Crippen LogP contribution < -0.4 is 5.73 Å². The summed E-state index contributed by atoms with van der Waals surface area (Å²) >= 11 is 1.82. The molecule has 0 heterocycles. The van der Waals surface area contributed by atoms with Gasteiger partial charge in [0.15, 0.2) is 0 Å². The van der Waals surface area contributed by atoms with Gasteiger partial charge in [0.05, 0.1) is 6.10 Å². The highest BCUT2D eigenvalue weighted by Gasteiger charge is 2.60. The molecule has 0 bridgehead atoms. The third kappa shape index (κ3) is 1.10. The van der Waals surface area contributed by atoms with Crippen LogP contribution in [0, 0.1) is 5.41 Å². The summed E-state index contributed by atoms with van der Waals surface area (Å²) in [6, 6.07) is 0. The van der Waals surface area contributed by atoms with Crippen LogP contribution in [0.3, 0.4) is 0 Å². The summed E-state index contributed by atoms with van der Waals surface area (Å²) in [5.41, 5.74) is 5.79. The Kier molecular flexibility index (Phi) is 1.94. The topological polar surface area (TPSA) is 46.2 Å². The summed E-state index contributed by atoms with van der Waals surface area (Å²) in [5.74, 6) is 0. The molecule has 0 saturated heterocycles. The molecule has 3 heteroatoms. The SMILES string of the molecule is CSC1(C(O)C2(CN)CC2)CC1. The van der Waals surface area contributed by atoms with Crippen molar-refractivity contribution in [2.24, 2.45) is 11.1 Å². The Hall–Kier alpha value is 0.270. The highest BCUT2D eigenvalue weighted by Crippen LogP contribution is 2.60. The molecule has 1 atom stereocenters. The van der Waals surface area contributed by atoms with Crippen molar-refractivity contribution in [1.82, 2.24) is 0 Å². The molecule has 1 unspecified atom stereocenters. The van der Waals surface area contributed by atoms with E-state index in [0.29, 0.717) is 6.54 Å². The Morgan fingerprint density at radius 2 is 2.00 bits per heavy atom. The minimum atomic E-state index is -0.148. The van der Waals surface area contributed by atoms with E-state index in [-0.39, 0.29) is 16.3 Å². The summed E-state index contributed by atoms with van der Waals surface area (Å²) < 4.78 is 0.190. The van der Waals surface area contributed by atoms with Gasteiger partial charge in [-0.25, -0.2) is 0 Å². The number of aliphatic hydroxyl groups excluding tert-OH is 1. The molecule has 2 rings (SSSR count). The zero-order valence-corrected chi connectivity index (χ0v) is 8.36. The van der Waals surface area contributed by atoms with Gasteiger partial charge in [-0.2, -0.15) is 11.8 Å². The van der Waals surface area contributed by atoms with E-state index in [1.165, 1.54) is 12.8 Å². The molecule has 70 valence electrons. The molecule has 2 aliphatic carbocycles. The molecule has 0 amide bonds. The Labute approximate surface area is 77.9 Å². The average molecular weight is 187 g/mol. The highest BCUT2D eigenvalue weighted by molar-refractivity contribution is 8.00. The molecule has 3 N–H and O–H groups in total. The fourth-order valence-electron chi connectivity index (χ4n) is 2.02. The van der Waals surface area contributed by atoms with Crippen LogP contribution in [0.2, 0.25) is 0 Å². The van der Waals surface area contributed by atoms with Gasteiger partial charge in [-0.15, -0.1) is 0 Å². The monoisotopic (exact) mass is 187 g/mol. The first kappa shape index (κ1) is 8.85. The molecular formula is C9H17NOS. The maximum atomic E-state index is 10.1. The van der Waals surface area contributed by atoms with E-state index in [2.05, 4.69) is 6.26 Å². The summed E-state index contributed by atoms with van der Waals surface area (Å²) in [6.07, 6.45) is 6.57. The van der Waals surface area contributed by atoms with Gasteiger partial charge in [-0.3, -0.25) is 0 Å². The Balaban J connectivity index is 2.04. The van der Waals surface area contributed by atoms with Gasteiger partial charge in [-0.1, -0.05) is 0 Å². The second-order valence-electron chi connectivity index (χ2n) is 4.24. The van der Waals surface area contributed by atoms with Crippen molar-refractivity contribution in [2.45, 2.75) is 36.5 Å². The standard InChI is InChI=1S/C9H17NOS/c1-12-9(4-5-9)7(11)8(6-10)2-3-8/h7,11H,2-6,10H2,1H3. The maximum Gasteiger partial charge on any atom is 0.0754 e. The predicted molar refractivity (Wildman–Crippen MR) is 52.2 cm³/mol. The molecule has 0 aromatic carbocycles. The minimum Gasteiger partial charge on any atom is -0.391 e. The molecule has 12 heavy (non-hydrogen) atoms. The average Bonchev–Trinajstić information content (AvgIpc) is 3.00. The van der Waals surface area contributed by atoms with Crippen LogP contribution in [-0.2, 0) is 0 Å². The van der Waals surface area contributed by atoms with Gasteiger partial charge in [0.1, 0.15) is 0 Å². The zero-order chi connectivity index (χ0) is 8.82. The molecule has 0 radical (unpaired) electrons. The molecule has 0 spiro atoms. The van der Waals surface area contributed by atoms with Crippen molar-refractivity contribution in [3.05, 3.63) is 0 Å². The molecule has 2 nitrogen and oxygen atoms in total. The van der Waals surface area contributed by atoms with Crippen LogP contribution in [-0.4, -0.2) is 28.8 Å². The van der Waals surface area contributed by atoms with E-state index in [4.69, 9.17) is 5.73 Å². The number of nitrogens with two attached hydrogens (primary N) is 1. The van der Waals surface area contributed by atoms with Crippen LogP contribution in [0.4, 0.5) is 0 Å². The smallest absolute Gasteiger partial charge is 0.0754 e. The van der Waals surface area contributed by atoms with E-state index in [9.17, 15) is 5.11 Å². The Morgan fingerprint density at radius 3 is 2.25 bits per heavy atom. The van der Waals surface area contributed by atoms with Gasteiger partial charge in [0.2, 0.25) is 0 Å². The second-order valence-corrected chi connectivity index (χ2v) is 5.46. The molecule has 2 fully saturated rings. The largest absolute Gasteiger partial charge is 0.391 e. The van der Waals surface area contributed by atoms with Crippen molar-refractivity contribution in [3.8, 4) is 0 Å². The number of aliphatic hydroxyl groups is 1. The molecule has 0 aromatic rings. The van der Waals surface area contributed by atoms with E-state index in [0.717, 1.165) is 12.8 Å². The summed E-state index contributed by atoms with van der Waals surface area (Å²) in [4.78, 5) is 0. The zero-order valence-electron chi connectivity index (χ0n) is 7.55. The number of hydrogen-bond acceptors (Lipinski definition) is 3. The fraction of sp³-hybridized carbons (Fsp3) is 1.00. The lowest BCUT2D eigenvalue weighted by molar-refractivity contribution is 0.0880. The first-order valence-electron chi connectivity index (χ1n) is 4.62. The van der Waals surface area contributed by atoms with Crippen LogP contribution in [0.25, 0.3) is 0 Å². The normalized spacial score (nSPS) is 31.2. The van der Waals surface area contributed by atoms with Crippen LogP contribution in [0.5, 0.6) is 0 Å². The summed E-state index contributed by atoms with van der Waals surface area (Å²) in [7, 11) is 0. The molecule has 0 aliphatic heterocycles. The number of thioether (sulfide) groups is 1. The van der Waals surface area contributed by atoms with Crippen molar-refractivity contribution < 1.29 is 5.11 Å². The third-order valence-electron chi connectivity index (χ3n) is 3.53. The maximum absolute atomic E-state index is 10.1. The van der Waals surface area contributed by atoms with Crippen LogP contribution in [0.15, 0.2) is 0 Å². The van der Waals surface area contributed by atoms with Crippen molar-refractivity contribution in [3.63, 3.8) is 0 Å². The third-order valence-corrected chi connectivity index (χ3v) is 4.97. The lowest BCUT2D eigenvalue weighted by Crippen LogP contribution is -2.38. The molecular weight excluding hydrogens is 170 g/mol. The summed E-state index contributed by atoms with van der Waals surface area (Å²) in [5, 5.41) is 10.1. The van der Waals surface area contributed by atoms with Crippen molar-refractivity contribution in [1.29, 1.82) is 0 Å². The first-order valence-corrected chi connectivity index (χ1v) is 5.85. The number of hydrogen-bond donors (Lipinski definition) is 2. The number of rotatable bonds is 4. The van der Waals surface area contributed by atoms with E-state index < -0.39 is 0 Å². The molecule has 2 saturated carbocycles. The molecule has 2 aliphatic rings.